The van der Waals surface area contributed by atoms with Crippen molar-refractivity contribution in [3.63, 3.8) is 0 Å². The molecule has 106 valence electrons. The molecule has 2 N–H and O–H groups in total. The highest BCUT2D eigenvalue weighted by Crippen LogP contribution is 2.11. The molecule has 1 aromatic carbocycles. The van der Waals surface area contributed by atoms with E-state index in [1.165, 1.54) is 18.2 Å². The second-order valence-electron chi connectivity index (χ2n) is 4.25. The first-order valence-electron chi connectivity index (χ1n) is 5.69. The first kappa shape index (κ1) is 15.6. The van der Waals surface area contributed by atoms with Gasteiger partial charge < -0.3 is 9.84 Å². The predicted molar refractivity (Wildman–Crippen MR) is 69.6 cm³/mol. The first-order chi connectivity index (χ1) is 8.86. The summed E-state index contributed by atoms with van der Waals surface area (Å²) in [5.41, 5.74) is -0.0622. The summed E-state index contributed by atoms with van der Waals surface area (Å²) in [6.45, 7) is 2.52. The molecule has 0 bridgehead atoms. The van der Waals surface area contributed by atoms with Crippen molar-refractivity contribution in [1.29, 1.82) is 0 Å². The zero-order valence-electron chi connectivity index (χ0n) is 10.8. The number of sulfonamides is 1. The smallest absolute Gasteiger partial charge is 0.335 e. The molecule has 6 nitrogen and oxygen atoms in total. The fourth-order valence-electron chi connectivity index (χ4n) is 1.48. The number of nitrogens with one attached hydrogen (secondary N) is 1. The third-order valence-corrected chi connectivity index (χ3v) is 3.89. The van der Waals surface area contributed by atoms with Gasteiger partial charge in [-0.25, -0.2) is 17.9 Å². The molecular weight excluding hydrogens is 270 g/mol. The molecule has 0 aliphatic heterocycles. The highest BCUT2D eigenvalue weighted by Gasteiger charge is 2.16. The second-order valence-corrected chi connectivity index (χ2v) is 6.01. The van der Waals surface area contributed by atoms with Crippen molar-refractivity contribution in [3.8, 4) is 0 Å². The van der Waals surface area contributed by atoms with E-state index >= 15 is 0 Å². The highest BCUT2D eigenvalue weighted by molar-refractivity contribution is 7.89. The van der Waals surface area contributed by atoms with Gasteiger partial charge in [0.2, 0.25) is 10.0 Å². The third kappa shape index (κ3) is 4.62. The van der Waals surface area contributed by atoms with Crippen molar-refractivity contribution in [3.05, 3.63) is 29.8 Å². The Morgan fingerprint density at radius 2 is 2.16 bits per heavy atom. The summed E-state index contributed by atoms with van der Waals surface area (Å²) in [6.07, 6.45) is 0. The van der Waals surface area contributed by atoms with Crippen LogP contribution in [0.3, 0.4) is 0 Å². The van der Waals surface area contributed by atoms with E-state index in [4.69, 9.17) is 9.84 Å². The molecule has 0 fully saturated rings. The van der Waals surface area contributed by atoms with Gasteiger partial charge >= 0.3 is 5.97 Å². The standard InChI is InChI=1S/C12H17NO5S/c1-9(8-18-2)7-13-19(16,17)11-5-3-4-10(6-11)12(14)15/h3-6,9,13H,7-8H2,1-2H3,(H,14,15). The Morgan fingerprint density at radius 1 is 1.47 bits per heavy atom. The lowest BCUT2D eigenvalue weighted by Crippen LogP contribution is -2.30. The zero-order chi connectivity index (χ0) is 14.5. The van der Waals surface area contributed by atoms with Crippen molar-refractivity contribution in [2.75, 3.05) is 20.3 Å². The number of rotatable bonds is 7. The van der Waals surface area contributed by atoms with E-state index in [1.54, 1.807) is 7.11 Å². The van der Waals surface area contributed by atoms with Crippen molar-refractivity contribution >= 4 is 16.0 Å². The number of methoxy groups -OCH3 is 1. The van der Waals surface area contributed by atoms with Crippen molar-refractivity contribution in [1.82, 2.24) is 4.72 Å². The van der Waals surface area contributed by atoms with Gasteiger partial charge in [-0.3, -0.25) is 0 Å². The first-order valence-corrected chi connectivity index (χ1v) is 7.17. The molecule has 19 heavy (non-hydrogen) atoms. The van der Waals surface area contributed by atoms with Crippen molar-refractivity contribution < 1.29 is 23.1 Å². The molecule has 0 aliphatic carbocycles. The van der Waals surface area contributed by atoms with E-state index in [-0.39, 0.29) is 22.9 Å². The predicted octanol–water partition coefficient (Wildman–Crippen LogP) is 0.946. The Labute approximate surface area is 112 Å². The van der Waals surface area contributed by atoms with Gasteiger partial charge in [-0.2, -0.15) is 0 Å². The topological polar surface area (TPSA) is 92.7 Å². The van der Waals surface area contributed by atoms with Crippen LogP contribution in [0.4, 0.5) is 0 Å². The molecule has 1 unspecified atom stereocenters. The minimum atomic E-state index is -3.70. The normalized spacial score (nSPS) is 13.2. The Hall–Kier alpha value is -1.44. The highest BCUT2D eigenvalue weighted by atomic mass is 32.2. The fraction of sp³-hybridized carbons (Fsp3) is 0.417. The van der Waals surface area contributed by atoms with Gasteiger partial charge in [0.15, 0.2) is 0 Å². The molecule has 1 rings (SSSR count). The maximum absolute atomic E-state index is 12.0. The summed E-state index contributed by atoms with van der Waals surface area (Å²) in [4.78, 5) is 10.7. The second kappa shape index (κ2) is 6.65. The summed E-state index contributed by atoms with van der Waals surface area (Å²) in [5.74, 6) is -1.13. The van der Waals surface area contributed by atoms with Crippen LogP contribution in [-0.4, -0.2) is 39.8 Å². The Bertz CT molecular complexity index is 541. The van der Waals surface area contributed by atoms with Crippen LogP contribution in [0.15, 0.2) is 29.2 Å². The number of hydrogen-bond acceptors (Lipinski definition) is 4. The molecule has 0 amide bonds. The van der Waals surface area contributed by atoms with Gasteiger partial charge in [0.05, 0.1) is 10.5 Å². The lowest BCUT2D eigenvalue weighted by Gasteiger charge is -2.12. The van der Waals surface area contributed by atoms with Crippen molar-refractivity contribution in [2.45, 2.75) is 11.8 Å². The van der Waals surface area contributed by atoms with E-state index in [9.17, 15) is 13.2 Å². The minimum absolute atomic E-state index is 0.0300. The Balaban J connectivity index is 2.83. The zero-order valence-corrected chi connectivity index (χ0v) is 11.6. The summed E-state index contributed by atoms with van der Waals surface area (Å²) in [7, 11) is -2.16. The summed E-state index contributed by atoms with van der Waals surface area (Å²) in [5, 5.41) is 8.83. The minimum Gasteiger partial charge on any atom is -0.478 e. The SMILES string of the molecule is COCC(C)CNS(=O)(=O)c1cccc(C(=O)O)c1. The molecule has 0 aromatic heterocycles. The van der Waals surface area contributed by atoms with Gasteiger partial charge in [0.25, 0.3) is 0 Å². The molecule has 0 spiro atoms. The molecule has 0 saturated heterocycles. The van der Waals surface area contributed by atoms with Gasteiger partial charge in [-0.05, 0) is 24.1 Å². The Morgan fingerprint density at radius 3 is 2.74 bits per heavy atom. The van der Waals surface area contributed by atoms with Gasteiger partial charge in [0.1, 0.15) is 0 Å². The maximum atomic E-state index is 12.0. The largest absolute Gasteiger partial charge is 0.478 e. The van der Waals surface area contributed by atoms with Crippen LogP contribution in [-0.2, 0) is 14.8 Å². The number of aromatic carboxylic acids is 1. The summed E-state index contributed by atoms with van der Waals surface area (Å²) < 4.78 is 31.3. The molecule has 1 aromatic rings. The van der Waals surface area contributed by atoms with E-state index in [1.807, 2.05) is 6.92 Å². The summed E-state index contributed by atoms with van der Waals surface area (Å²) >= 11 is 0. The van der Waals surface area contributed by atoms with Crippen LogP contribution in [0.5, 0.6) is 0 Å². The molecular formula is C12H17NO5S. The van der Waals surface area contributed by atoms with Crippen molar-refractivity contribution in [2.24, 2.45) is 5.92 Å². The average molecular weight is 287 g/mol. The molecule has 7 heteroatoms. The van der Waals surface area contributed by atoms with Crippen LogP contribution in [0.2, 0.25) is 0 Å². The lowest BCUT2D eigenvalue weighted by molar-refractivity contribution is 0.0696. The number of ether oxygens (including phenoxy) is 1. The molecule has 0 saturated carbocycles. The number of carbonyl (C=O) groups is 1. The van der Waals surface area contributed by atoms with Crippen LogP contribution in [0.25, 0.3) is 0 Å². The molecule has 0 aliphatic rings. The van der Waals surface area contributed by atoms with Gasteiger partial charge in [-0.15, -0.1) is 0 Å². The third-order valence-electron chi connectivity index (χ3n) is 2.46. The van der Waals surface area contributed by atoms with E-state index in [2.05, 4.69) is 4.72 Å². The van der Waals surface area contributed by atoms with Crippen LogP contribution in [0, 0.1) is 5.92 Å². The van der Waals surface area contributed by atoms with Crippen LogP contribution in [0.1, 0.15) is 17.3 Å². The van der Waals surface area contributed by atoms with E-state index < -0.39 is 16.0 Å². The maximum Gasteiger partial charge on any atom is 0.335 e. The quantitative estimate of drug-likeness (QED) is 0.778. The average Bonchev–Trinajstić information content (AvgIpc) is 2.37. The fourth-order valence-corrected chi connectivity index (χ4v) is 2.69. The number of carboxylic acid groups (broad SMARTS) is 1. The Kier molecular flexibility index (Phi) is 5.46. The molecule has 0 heterocycles. The monoisotopic (exact) mass is 287 g/mol. The van der Waals surface area contributed by atoms with Gasteiger partial charge in [0, 0.05) is 20.3 Å². The van der Waals surface area contributed by atoms with Gasteiger partial charge in [-0.1, -0.05) is 13.0 Å². The molecule has 0 radical (unpaired) electrons. The summed E-state index contributed by atoms with van der Waals surface area (Å²) in [6, 6.07) is 5.23. The van der Waals surface area contributed by atoms with E-state index in [0.29, 0.717) is 6.61 Å². The number of benzene rings is 1. The molecule has 1 atom stereocenters. The lowest BCUT2D eigenvalue weighted by atomic mass is 10.2. The number of hydrogen-bond donors (Lipinski definition) is 2. The number of carboxylic acids is 1. The van der Waals surface area contributed by atoms with Crippen LogP contribution >= 0.6 is 0 Å². The van der Waals surface area contributed by atoms with Crippen LogP contribution < -0.4 is 4.72 Å². The van der Waals surface area contributed by atoms with E-state index in [0.717, 1.165) is 6.07 Å².